The Morgan fingerprint density at radius 2 is 2.11 bits per heavy atom. The van der Waals surface area contributed by atoms with Gasteiger partial charge < -0.3 is 9.47 Å². The number of methoxy groups -OCH3 is 1. The first-order valence-corrected chi connectivity index (χ1v) is 6.45. The van der Waals surface area contributed by atoms with Crippen molar-refractivity contribution in [3.8, 4) is 5.88 Å². The highest BCUT2D eigenvalue weighted by atomic mass is 16.6. The maximum atomic E-state index is 12.2. The van der Waals surface area contributed by atoms with E-state index in [2.05, 4.69) is 4.98 Å². The number of aryl methyl sites for hydroxylation is 1. The molecular formula is C14H20N2O3. The van der Waals surface area contributed by atoms with Crippen LogP contribution in [0.5, 0.6) is 5.88 Å². The maximum Gasteiger partial charge on any atom is 0.414 e. The number of rotatable bonds is 1. The lowest BCUT2D eigenvalue weighted by Crippen LogP contribution is -2.40. The highest BCUT2D eigenvalue weighted by Gasteiger charge is 2.28. The van der Waals surface area contributed by atoms with E-state index in [0.717, 1.165) is 24.2 Å². The summed E-state index contributed by atoms with van der Waals surface area (Å²) in [6.45, 7) is 6.25. The second kappa shape index (κ2) is 5.07. The minimum atomic E-state index is -0.491. The SMILES string of the molecule is COc1ccc2c(n1)CCCN2C(=O)OC(C)(C)C. The molecule has 1 aromatic rings. The molecule has 0 atom stereocenters. The Bertz CT molecular complexity index is 480. The molecule has 5 nitrogen and oxygen atoms in total. The molecule has 0 spiro atoms. The largest absolute Gasteiger partial charge is 0.481 e. The van der Waals surface area contributed by atoms with Crippen molar-refractivity contribution >= 4 is 11.8 Å². The number of pyridine rings is 1. The lowest BCUT2D eigenvalue weighted by molar-refractivity contribution is 0.0577. The van der Waals surface area contributed by atoms with Gasteiger partial charge >= 0.3 is 6.09 Å². The van der Waals surface area contributed by atoms with Gasteiger partial charge in [0.1, 0.15) is 5.60 Å². The van der Waals surface area contributed by atoms with Gasteiger partial charge in [0.25, 0.3) is 0 Å². The lowest BCUT2D eigenvalue weighted by Gasteiger charge is -2.31. The van der Waals surface area contributed by atoms with Crippen LogP contribution in [0.3, 0.4) is 0 Å². The predicted molar refractivity (Wildman–Crippen MR) is 72.7 cm³/mol. The van der Waals surface area contributed by atoms with Gasteiger partial charge in [-0.1, -0.05) is 0 Å². The second-order valence-electron chi connectivity index (χ2n) is 5.55. The van der Waals surface area contributed by atoms with Crippen molar-refractivity contribution in [2.24, 2.45) is 0 Å². The standard InChI is InChI=1S/C14H20N2O3/c1-14(2,3)19-13(17)16-9-5-6-10-11(16)7-8-12(15-10)18-4/h7-8H,5-6,9H2,1-4H3. The number of fused-ring (bicyclic) bond motifs is 1. The zero-order valence-electron chi connectivity index (χ0n) is 11.9. The summed E-state index contributed by atoms with van der Waals surface area (Å²) < 4.78 is 10.5. The molecule has 5 heteroatoms. The van der Waals surface area contributed by atoms with Crippen molar-refractivity contribution in [2.75, 3.05) is 18.6 Å². The minimum absolute atomic E-state index is 0.319. The van der Waals surface area contributed by atoms with Crippen molar-refractivity contribution in [1.82, 2.24) is 4.98 Å². The Morgan fingerprint density at radius 1 is 1.37 bits per heavy atom. The van der Waals surface area contributed by atoms with Gasteiger partial charge in [-0.25, -0.2) is 9.78 Å². The van der Waals surface area contributed by atoms with Gasteiger partial charge in [0.2, 0.25) is 5.88 Å². The van der Waals surface area contributed by atoms with Crippen LogP contribution in [0.25, 0.3) is 0 Å². The number of hydrogen-bond acceptors (Lipinski definition) is 4. The molecule has 104 valence electrons. The van der Waals surface area contributed by atoms with Crippen molar-refractivity contribution in [2.45, 2.75) is 39.2 Å². The molecule has 0 bridgehead atoms. The van der Waals surface area contributed by atoms with E-state index in [0.29, 0.717) is 12.4 Å². The number of anilines is 1. The number of carbonyl (C=O) groups is 1. The van der Waals surface area contributed by atoms with Crippen LogP contribution in [-0.4, -0.2) is 30.3 Å². The van der Waals surface area contributed by atoms with Crippen LogP contribution in [-0.2, 0) is 11.2 Å². The first kappa shape index (κ1) is 13.6. The Kier molecular flexibility index (Phi) is 3.64. The fourth-order valence-corrected chi connectivity index (χ4v) is 2.05. The van der Waals surface area contributed by atoms with E-state index in [1.54, 1.807) is 18.1 Å². The van der Waals surface area contributed by atoms with Crippen molar-refractivity contribution in [3.63, 3.8) is 0 Å². The molecule has 19 heavy (non-hydrogen) atoms. The van der Waals surface area contributed by atoms with Crippen LogP contribution in [0.4, 0.5) is 10.5 Å². The summed E-state index contributed by atoms with van der Waals surface area (Å²) in [5, 5.41) is 0. The second-order valence-corrected chi connectivity index (χ2v) is 5.55. The smallest absolute Gasteiger partial charge is 0.414 e. The summed E-state index contributed by atoms with van der Waals surface area (Å²) >= 11 is 0. The zero-order valence-corrected chi connectivity index (χ0v) is 11.9. The van der Waals surface area contributed by atoms with Gasteiger partial charge in [0, 0.05) is 12.6 Å². The molecule has 0 aromatic carbocycles. The number of aromatic nitrogens is 1. The number of nitrogens with zero attached hydrogens (tertiary/aromatic N) is 2. The molecular weight excluding hydrogens is 244 g/mol. The fourth-order valence-electron chi connectivity index (χ4n) is 2.05. The van der Waals surface area contributed by atoms with E-state index in [9.17, 15) is 4.79 Å². The fraction of sp³-hybridized carbons (Fsp3) is 0.571. The first-order chi connectivity index (χ1) is 8.90. The highest BCUT2D eigenvalue weighted by Crippen LogP contribution is 2.28. The highest BCUT2D eigenvalue weighted by molar-refractivity contribution is 5.89. The third-order valence-electron chi connectivity index (χ3n) is 2.83. The molecule has 2 heterocycles. The van der Waals surface area contributed by atoms with Gasteiger partial charge in [-0.2, -0.15) is 0 Å². The van der Waals surface area contributed by atoms with Crippen molar-refractivity contribution < 1.29 is 14.3 Å². The van der Waals surface area contributed by atoms with Crippen LogP contribution in [0, 0.1) is 0 Å². The quantitative estimate of drug-likeness (QED) is 0.782. The molecule has 0 fully saturated rings. The van der Waals surface area contributed by atoms with E-state index in [1.807, 2.05) is 26.8 Å². The van der Waals surface area contributed by atoms with Crippen LogP contribution in [0.15, 0.2) is 12.1 Å². The maximum absolute atomic E-state index is 12.2. The Labute approximate surface area is 113 Å². The van der Waals surface area contributed by atoms with E-state index in [4.69, 9.17) is 9.47 Å². The van der Waals surface area contributed by atoms with E-state index < -0.39 is 5.60 Å². The van der Waals surface area contributed by atoms with E-state index in [1.165, 1.54) is 0 Å². The van der Waals surface area contributed by atoms with Gasteiger partial charge in [0.15, 0.2) is 0 Å². The van der Waals surface area contributed by atoms with Gasteiger partial charge in [-0.05, 0) is 39.7 Å². The third-order valence-corrected chi connectivity index (χ3v) is 2.83. The van der Waals surface area contributed by atoms with Gasteiger partial charge in [-0.3, -0.25) is 4.90 Å². The molecule has 1 aromatic heterocycles. The van der Waals surface area contributed by atoms with Crippen LogP contribution in [0.1, 0.15) is 32.9 Å². The van der Waals surface area contributed by atoms with Crippen LogP contribution >= 0.6 is 0 Å². The molecule has 0 saturated carbocycles. The topological polar surface area (TPSA) is 51.7 Å². The Hall–Kier alpha value is -1.78. The molecule has 0 aliphatic carbocycles. The Morgan fingerprint density at radius 3 is 2.74 bits per heavy atom. The molecule has 0 unspecified atom stereocenters. The zero-order chi connectivity index (χ0) is 14.0. The first-order valence-electron chi connectivity index (χ1n) is 6.45. The number of ether oxygens (including phenoxy) is 2. The molecule has 1 amide bonds. The summed E-state index contributed by atoms with van der Waals surface area (Å²) in [5.74, 6) is 0.574. The number of hydrogen-bond donors (Lipinski definition) is 0. The lowest BCUT2D eigenvalue weighted by atomic mass is 10.1. The monoisotopic (exact) mass is 264 g/mol. The van der Waals surface area contributed by atoms with Crippen molar-refractivity contribution in [1.29, 1.82) is 0 Å². The van der Waals surface area contributed by atoms with Gasteiger partial charge in [-0.15, -0.1) is 0 Å². The normalized spacial score (nSPS) is 14.8. The average molecular weight is 264 g/mol. The summed E-state index contributed by atoms with van der Waals surface area (Å²) in [7, 11) is 1.59. The molecule has 1 aliphatic rings. The minimum Gasteiger partial charge on any atom is -0.481 e. The Balaban J connectivity index is 2.25. The summed E-state index contributed by atoms with van der Waals surface area (Å²) in [4.78, 5) is 18.2. The number of amides is 1. The molecule has 0 N–H and O–H groups in total. The van der Waals surface area contributed by atoms with E-state index >= 15 is 0 Å². The third kappa shape index (κ3) is 3.16. The van der Waals surface area contributed by atoms with E-state index in [-0.39, 0.29) is 6.09 Å². The average Bonchev–Trinajstić information content (AvgIpc) is 2.35. The predicted octanol–water partition coefficient (Wildman–Crippen LogP) is 2.78. The summed E-state index contributed by atoms with van der Waals surface area (Å²) in [6, 6.07) is 3.63. The van der Waals surface area contributed by atoms with Crippen molar-refractivity contribution in [3.05, 3.63) is 17.8 Å². The van der Waals surface area contributed by atoms with Gasteiger partial charge in [0.05, 0.1) is 18.5 Å². The number of carbonyl (C=O) groups excluding carboxylic acids is 1. The summed E-state index contributed by atoms with van der Waals surface area (Å²) in [6.07, 6.45) is 1.42. The molecule has 0 radical (unpaired) electrons. The van der Waals surface area contributed by atoms with Crippen LogP contribution in [0.2, 0.25) is 0 Å². The molecule has 1 aliphatic heterocycles. The van der Waals surface area contributed by atoms with Crippen LogP contribution < -0.4 is 9.64 Å². The summed E-state index contributed by atoms with van der Waals surface area (Å²) in [5.41, 5.74) is 1.21. The molecule has 0 saturated heterocycles. The molecule has 2 rings (SSSR count).